The molecule has 0 amide bonds. The first-order valence-corrected chi connectivity index (χ1v) is 10.4. The molecule has 0 aliphatic rings. The molecule has 6 nitrogen and oxygen atoms in total. The monoisotopic (exact) mass is 504 g/mol. The number of halogens is 6. The number of nitrogens with zero attached hydrogens (tertiary/aromatic N) is 4. The summed E-state index contributed by atoms with van der Waals surface area (Å²) in [4.78, 5) is 8.45. The van der Waals surface area contributed by atoms with E-state index in [1.165, 1.54) is 6.20 Å². The molecule has 12 heteroatoms. The summed E-state index contributed by atoms with van der Waals surface area (Å²) in [5.41, 5.74) is -0.262. The molecular weight excluding hydrogens is 492 g/mol. The largest absolute Gasteiger partial charge is 0.492 e. The lowest BCUT2D eigenvalue weighted by atomic mass is 10.2. The highest BCUT2D eigenvalue weighted by Crippen LogP contribution is 2.37. The maximum atomic E-state index is 13.0. The molecule has 32 heavy (non-hydrogen) atoms. The Bertz CT molecular complexity index is 1300. The van der Waals surface area contributed by atoms with Gasteiger partial charge >= 0.3 is 6.18 Å². The number of hydrogen-bond acceptors (Lipinski definition) is 5. The Kier molecular flexibility index (Phi) is 6.00. The SMILES string of the molecule is CC(C)COc1cc(Cl)c(-c2noc(-c3cn4cc(C(F)(F)F)cc(Cl)c4n3)n2)cc1Cl. The minimum Gasteiger partial charge on any atom is -0.492 e. The topological polar surface area (TPSA) is 65.5 Å². The number of benzene rings is 1. The average Bonchev–Trinajstić information content (AvgIpc) is 3.34. The molecule has 1 aromatic carbocycles. The molecule has 0 radical (unpaired) electrons. The second kappa shape index (κ2) is 8.46. The van der Waals surface area contributed by atoms with E-state index in [0.717, 1.165) is 16.7 Å². The van der Waals surface area contributed by atoms with Gasteiger partial charge in [-0.25, -0.2) is 4.98 Å². The summed E-state index contributed by atoms with van der Waals surface area (Å²) in [7, 11) is 0. The number of hydrogen-bond donors (Lipinski definition) is 0. The van der Waals surface area contributed by atoms with Crippen molar-refractivity contribution in [3.05, 3.63) is 51.2 Å². The van der Waals surface area contributed by atoms with Gasteiger partial charge in [-0.05, 0) is 18.1 Å². The highest BCUT2D eigenvalue weighted by Gasteiger charge is 2.32. The first-order valence-electron chi connectivity index (χ1n) is 9.24. The van der Waals surface area contributed by atoms with Crippen molar-refractivity contribution in [3.63, 3.8) is 0 Å². The van der Waals surface area contributed by atoms with Gasteiger partial charge in [0.05, 0.1) is 27.2 Å². The predicted octanol–water partition coefficient (Wildman–Crippen LogP) is 7.07. The van der Waals surface area contributed by atoms with E-state index >= 15 is 0 Å². The molecule has 3 heterocycles. The van der Waals surface area contributed by atoms with Crippen LogP contribution in [0.1, 0.15) is 19.4 Å². The van der Waals surface area contributed by atoms with Crippen molar-refractivity contribution in [2.24, 2.45) is 5.92 Å². The third kappa shape index (κ3) is 4.51. The van der Waals surface area contributed by atoms with E-state index < -0.39 is 11.7 Å². The summed E-state index contributed by atoms with van der Waals surface area (Å²) in [5.74, 6) is 0.825. The second-order valence-corrected chi connectivity index (χ2v) is 8.54. The van der Waals surface area contributed by atoms with Crippen LogP contribution < -0.4 is 4.74 Å². The molecule has 0 saturated carbocycles. The molecule has 0 aliphatic heterocycles. The molecule has 168 valence electrons. The Morgan fingerprint density at radius 1 is 1.03 bits per heavy atom. The molecule has 0 fully saturated rings. The van der Waals surface area contributed by atoms with Crippen molar-refractivity contribution in [2.75, 3.05) is 6.61 Å². The minimum atomic E-state index is -4.55. The first kappa shape index (κ1) is 22.7. The number of fused-ring (bicyclic) bond motifs is 1. The van der Waals surface area contributed by atoms with Gasteiger partial charge in [0.1, 0.15) is 11.4 Å². The number of alkyl halides is 3. The highest BCUT2D eigenvalue weighted by atomic mass is 35.5. The van der Waals surface area contributed by atoms with Crippen molar-refractivity contribution in [1.29, 1.82) is 0 Å². The van der Waals surface area contributed by atoms with E-state index in [-0.39, 0.29) is 33.1 Å². The lowest BCUT2D eigenvalue weighted by Gasteiger charge is -2.11. The van der Waals surface area contributed by atoms with Crippen molar-refractivity contribution in [2.45, 2.75) is 20.0 Å². The van der Waals surface area contributed by atoms with Crippen LogP contribution in [0.25, 0.3) is 28.6 Å². The molecule has 4 rings (SSSR count). The van der Waals surface area contributed by atoms with Crippen molar-refractivity contribution >= 4 is 40.4 Å². The number of pyridine rings is 1. The summed E-state index contributed by atoms with van der Waals surface area (Å²) in [6, 6.07) is 3.91. The van der Waals surface area contributed by atoms with Gasteiger partial charge in [0.25, 0.3) is 5.89 Å². The molecule has 0 N–H and O–H groups in total. The zero-order valence-corrected chi connectivity index (χ0v) is 18.8. The number of imidazole rings is 1. The van der Waals surface area contributed by atoms with E-state index in [0.29, 0.717) is 28.9 Å². The van der Waals surface area contributed by atoms with Crippen molar-refractivity contribution in [3.8, 4) is 28.7 Å². The van der Waals surface area contributed by atoms with E-state index in [1.54, 1.807) is 12.1 Å². The van der Waals surface area contributed by atoms with Gasteiger partial charge < -0.3 is 13.7 Å². The summed E-state index contributed by atoms with van der Waals surface area (Å²) >= 11 is 18.6. The molecule has 0 atom stereocenters. The predicted molar refractivity (Wildman–Crippen MR) is 114 cm³/mol. The Hall–Kier alpha value is -2.49. The summed E-state index contributed by atoms with van der Waals surface area (Å²) in [6.07, 6.45) is -2.37. The maximum Gasteiger partial charge on any atom is 0.417 e. The highest BCUT2D eigenvalue weighted by molar-refractivity contribution is 6.36. The minimum absolute atomic E-state index is 0.0272. The zero-order chi connectivity index (χ0) is 23.2. The van der Waals surface area contributed by atoms with E-state index in [4.69, 9.17) is 44.1 Å². The fraction of sp³-hybridized carbons (Fsp3) is 0.250. The van der Waals surface area contributed by atoms with Gasteiger partial charge in [-0.15, -0.1) is 0 Å². The lowest BCUT2D eigenvalue weighted by molar-refractivity contribution is -0.137. The summed E-state index contributed by atoms with van der Waals surface area (Å²) in [6.45, 7) is 4.47. The van der Waals surface area contributed by atoms with Crippen LogP contribution in [0.4, 0.5) is 13.2 Å². The smallest absolute Gasteiger partial charge is 0.417 e. The molecule has 0 aliphatic carbocycles. The van der Waals surface area contributed by atoms with Crippen LogP contribution >= 0.6 is 34.8 Å². The van der Waals surface area contributed by atoms with Crippen LogP contribution in [0.2, 0.25) is 15.1 Å². The van der Waals surface area contributed by atoms with E-state index in [2.05, 4.69) is 15.1 Å². The second-order valence-electron chi connectivity index (χ2n) is 7.32. The van der Waals surface area contributed by atoms with Crippen molar-refractivity contribution in [1.82, 2.24) is 19.5 Å². The fourth-order valence-electron chi connectivity index (χ4n) is 2.82. The Morgan fingerprint density at radius 3 is 2.47 bits per heavy atom. The van der Waals surface area contributed by atoms with Gasteiger partial charge in [0.15, 0.2) is 5.65 Å². The van der Waals surface area contributed by atoms with Crippen LogP contribution in [0, 0.1) is 5.92 Å². The van der Waals surface area contributed by atoms with Gasteiger partial charge in [0, 0.05) is 24.0 Å². The van der Waals surface area contributed by atoms with Crippen LogP contribution in [-0.4, -0.2) is 26.1 Å². The average molecular weight is 506 g/mol. The Labute approximate surface area is 194 Å². The van der Waals surface area contributed by atoms with Gasteiger partial charge in [0.2, 0.25) is 5.82 Å². The van der Waals surface area contributed by atoms with Crippen LogP contribution in [0.3, 0.4) is 0 Å². The quantitative estimate of drug-likeness (QED) is 0.290. The number of aromatic nitrogens is 4. The molecular formula is C20H14Cl3F3N4O2. The maximum absolute atomic E-state index is 13.0. The molecule has 0 unspecified atom stereocenters. The lowest BCUT2D eigenvalue weighted by Crippen LogP contribution is -2.06. The van der Waals surface area contributed by atoms with Gasteiger partial charge in [-0.1, -0.05) is 53.8 Å². The van der Waals surface area contributed by atoms with Gasteiger partial charge in [-0.2, -0.15) is 18.2 Å². The van der Waals surface area contributed by atoms with Crippen molar-refractivity contribution < 1.29 is 22.4 Å². The molecule has 4 aromatic rings. The Balaban J connectivity index is 1.68. The first-order chi connectivity index (χ1) is 15.0. The van der Waals surface area contributed by atoms with Crippen LogP contribution in [0.5, 0.6) is 5.75 Å². The number of rotatable bonds is 5. The third-order valence-corrected chi connectivity index (χ3v) is 5.20. The number of ether oxygens (including phenoxy) is 1. The summed E-state index contributed by atoms with van der Waals surface area (Å²) < 4.78 is 51.1. The van der Waals surface area contributed by atoms with Crippen LogP contribution in [-0.2, 0) is 6.18 Å². The molecule has 3 aromatic heterocycles. The summed E-state index contributed by atoms with van der Waals surface area (Å²) in [5, 5.41) is 4.32. The third-order valence-electron chi connectivity index (χ3n) is 4.31. The van der Waals surface area contributed by atoms with Gasteiger partial charge in [-0.3, -0.25) is 0 Å². The fourth-order valence-corrected chi connectivity index (χ4v) is 3.53. The van der Waals surface area contributed by atoms with E-state index in [9.17, 15) is 13.2 Å². The van der Waals surface area contributed by atoms with E-state index in [1.807, 2.05) is 13.8 Å². The molecule has 0 spiro atoms. The standard InChI is InChI=1S/C20H14Cl3F3N4O2/c1-9(2)8-31-16-5-12(21)11(4-13(16)22)17-28-19(32-29-17)15-7-30-6-10(20(24,25)26)3-14(23)18(30)27-15/h3-7,9H,8H2,1-2H3. The Morgan fingerprint density at radius 2 is 1.78 bits per heavy atom. The molecule has 0 saturated heterocycles. The molecule has 0 bridgehead atoms. The normalized spacial score (nSPS) is 12.2. The van der Waals surface area contributed by atoms with Crippen LogP contribution in [0.15, 0.2) is 35.1 Å². The zero-order valence-electron chi connectivity index (χ0n) is 16.5.